The molecule has 0 unspecified atom stereocenters. The highest BCUT2D eigenvalue weighted by molar-refractivity contribution is 7.07. The van der Waals surface area contributed by atoms with Gasteiger partial charge in [-0.15, -0.1) is 0 Å². The minimum Gasteiger partial charge on any atom is -0.397 e. The zero-order valence-electron chi connectivity index (χ0n) is 9.97. The Hall–Kier alpha value is -1.55. The van der Waals surface area contributed by atoms with Crippen molar-refractivity contribution >= 4 is 22.7 Å². The number of benzene rings is 1. The van der Waals surface area contributed by atoms with Crippen LogP contribution in [-0.2, 0) is 6.54 Å². The maximum atomic E-state index is 13.1. The van der Waals surface area contributed by atoms with E-state index >= 15 is 0 Å². The van der Waals surface area contributed by atoms with Crippen molar-refractivity contribution in [2.45, 2.75) is 25.4 Å². The van der Waals surface area contributed by atoms with E-state index in [9.17, 15) is 4.39 Å². The molecule has 0 spiro atoms. The SMILES string of the molecule is Nc1cc(F)ccc1N(Cc1ccsc1)C1CC1. The number of thiophene rings is 1. The van der Waals surface area contributed by atoms with E-state index in [0.29, 0.717) is 11.7 Å². The normalized spacial score (nSPS) is 14.7. The van der Waals surface area contributed by atoms with Gasteiger partial charge in [0.25, 0.3) is 0 Å². The predicted molar refractivity (Wildman–Crippen MR) is 74.3 cm³/mol. The fraction of sp³-hybridized carbons (Fsp3) is 0.286. The summed E-state index contributed by atoms with van der Waals surface area (Å²) in [5.74, 6) is -0.275. The summed E-state index contributed by atoms with van der Waals surface area (Å²) >= 11 is 1.70. The Kier molecular flexibility index (Phi) is 2.96. The second kappa shape index (κ2) is 4.61. The van der Waals surface area contributed by atoms with Crippen LogP contribution in [0, 0.1) is 5.82 Å². The van der Waals surface area contributed by atoms with Crippen LogP contribution >= 0.6 is 11.3 Å². The smallest absolute Gasteiger partial charge is 0.125 e. The molecule has 1 heterocycles. The van der Waals surface area contributed by atoms with E-state index in [4.69, 9.17) is 5.73 Å². The lowest BCUT2D eigenvalue weighted by atomic mass is 10.2. The van der Waals surface area contributed by atoms with Crippen LogP contribution < -0.4 is 10.6 Å². The molecule has 0 radical (unpaired) electrons. The Morgan fingerprint density at radius 3 is 2.78 bits per heavy atom. The van der Waals surface area contributed by atoms with Crippen LogP contribution in [0.25, 0.3) is 0 Å². The third kappa shape index (κ3) is 2.34. The van der Waals surface area contributed by atoms with Crippen molar-refractivity contribution in [1.29, 1.82) is 0 Å². The number of anilines is 2. The molecule has 1 aliphatic rings. The predicted octanol–water partition coefficient (Wildman–Crippen LogP) is 3.64. The lowest BCUT2D eigenvalue weighted by Gasteiger charge is -2.25. The van der Waals surface area contributed by atoms with E-state index in [1.807, 2.05) is 0 Å². The van der Waals surface area contributed by atoms with Gasteiger partial charge < -0.3 is 10.6 Å². The van der Waals surface area contributed by atoms with Gasteiger partial charge in [0, 0.05) is 12.6 Å². The molecule has 2 N–H and O–H groups in total. The lowest BCUT2D eigenvalue weighted by molar-refractivity contribution is 0.628. The molecule has 1 saturated carbocycles. The first-order valence-corrected chi connectivity index (χ1v) is 7.01. The number of halogens is 1. The highest BCUT2D eigenvalue weighted by Gasteiger charge is 2.30. The van der Waals surface area contributed by atoms with Crippen molar-refractivity contribution in [3.8, 4) is 0 Å². The molecule has 0 atom stereocenters. The summed E-state index contributed by atoms with van der Waals surface area (Å²) in [7, 11) is 0. The summed E-state index contributed by atoms with van der Waals surface area (Å²) in [6.45, 7) is 0.851. The van der Waals surface area contributed by atoms with Crippen LogP contribution in [-0.4, -0.2) is 6.04 Å². The Morgan fingerprint density at radius 2 is 2.17 bits per heavy atom. The first kappa shape index (κ1) is 11.5. The van der Waals surface area contributed by atoms with Gasteiger partial charge in [0.1, 0.15) is 5.82 Å². The van der Waals surface area contributed by atoms with E-state index in [-0.39, 0.29) is 5.82 Å². The van der Waals surface area contributed by atoms with Gasteiger partial charge in [0.05, 0.1) is 11.4 Å². The summed E-state index contributed by atoms with van der Waals surface area (Å²) in [5, 5.41) is 4.23. The minimum absolute atomic E-state index is 0.275. The molecule has 0 bridgehead atoms. The van der Waals surface area contributed by atoms with Crippen molar-refractivity contribution in [3.05, 3.63) is 46.4 Å². The molecule has 94 valence electrons. The van der Waals surface area contributed by atoms with Crippen molar-refractivity contribution in [1.82, 2.24) is 0 Å². The van der Waals surface area contributed by atoms with Gasteiger partial charge in [-0.2, -0.15) is 11.3 Å². The molecule has 1 fully saturated rings. The van der Waals surface area contributed by atoms with Crippen LogP contribution in [0.15, 0.2) is 35.0 Å². The molecular formula is C14H15FN2S. The van der Waals surface area contributed by atoms with Crippen molar-refractivity contribution in [3.63, 3.8) is 0 Å². The molecule has 0 amide bonds. The Balaban J connectivity index is 1.89. The molecule has 1 aliphatic carbocycles. The van der Waals surface area contributed by atoms with Crippen molar-refractivity contribution < 1.29 is 4.39 Å². The maximum absolute atomic E-state index is 13.1. The first-order chi connectivity index (χ1) is 8.74. The third-order valence-corrected chi connectivity index (χ3v) is 3.95. The third-order valence-electron chi connectivity index (χ3n) is 3.22. The monoisotopic (exact) mass is 262 g/mol. The number of nitrogen functional groups attached to an aromatic ring is 1. The van der Waals surface area contributed by atoms with Gasteiger partial charge in [-0.3, -0.25) is 0 Å². The summed E-state index contributed by atoms with van der Waals surface area (Å²) in [5.41, 5.74) is 8.70. The number of nitrogens with zero attached hydrogens (tertiary/aromatic N) is 1. The van der Waals surface area contributed by atoms with Crippen molar-refractivity contribution in [2.75, 3.05) is 10.6 Å². The van der Waals surface area contributed by atoms with Gasteiger partial charge in [-0.25, -0.2) is 4.39 Å². The van der Waals surface area contributed by atoms with Crippen molar-refractivity contribution in [2.24, 2.45) is 0 Å². The van der Waals surface area contributed by atoms with Crippen LogP contribution in [0.5, 0.6) is 0 Å². The molecule has 1 aromatic carbocycles. The maximum Gasteiger partial charge on any atom is 0.125 e. The molecule has 18 heavy (non-hydrogen) atoms. The molecule has 4 heteroatoms. The Morgan fingerprint density at radius 1 is 1.33 bits per heavy atom. The van der Waals surface area contributed by atoms with Gasteiger partial charge in [0.2, 0.25) is 0 Å². The van der Waals surface area contributed by atoms with Gasteiger partial charge >= 0.3 is 0 Å². The van der Waals surface area contributed by atoms with Gasteiger partial charge in [-0.05, 0) is 53.4 Å². The quantitative estimate of drug-likeness (QED) is 0.852. The van der Waals surface area contributed by atoms with E-state index in [2.05, 4.69) is 21.7 Å². The summed E-state index contributed by atoms with van der Waals surface area (Å²) in [6, 6.07) is 7.35. The molecule has 2 nitrogen and oxygen atoms in total. The van der Waals surface area contributed by atoms with Gasteiger partial charge in [0.15, 0.2) is 0 Å². The van der Waals surface area contributed by atoms with E-state index in [1.54, 1.807) is 17.4 Å². The number of nitrogens with two attached hydrogens (primary N) is 1. The fourth-order valence-corrected chi connectivity index (χ4v) is 2.82. The number of rotatable bonds is 4. The second-order valence-corrected chi connectivity index (χ2v) is 5.47. The van der Waals surface area contributed by atoms with E-state index in [0.717, 1.165) is 12.2 Å². The molecule has 0 aliphatic heterocycles. The lowest BCUT2D eigenvalue weighted by Crippen LogP contribution is -2.25. The average Bonchev–Trinajstić information content (AvgIpc) is 3.05. The largest absolute Gasteiger partial charge is 0.397 e. The van der Waals surface area contributed by atoms with Crippen LogP contribution in [0.2, 0.25) is 0 Å². The zero-order valence-corrected chi connectivity index (χ0v) is 10.8. The molecular weight excluding hydrogens is 247 g/mol. The van der Waals surface area contributed by atoms with E-state index < -0.39 is 0 Å². The van der Waals surface area contributed by atoms with Crippen LogP contribution in [0.4, 0.5) is 15.8 Å². The van der Waals surface area contributed by atoms with Crippen LogP contribution in [0.1, 0.15) is 18.4 Å². The molecule has 2 aromatic rings. The summed E-state index contributed by atoms with van der Waals surface area (Å²) in [6.07, 6.45) is 2.39. The molecule has 0 saturated heterocycles. The average molecular weight is 262 g/mol. The van der Waals surface area contributed by atoms with E-state index in [1.165, 1.54) is 30.5 Å². The Labute approximate surface area is 110 Å². The Bertz CT molecular complexity index is 535. The van der Waals surface area contributed by atoms with Gasteiger partial charge in [-0.1, -0.05) is 0 Å². The topological polar surface area (TPSA) is 29.3 Å². The molecule has 1 aromatic heterocycles. The number of hydrogen-bond acceptors (Lipinski definition) is 3. The molecule has 3 rings (SSSR count). The summed E-state index contributed by atoms with van der Waals surface area (Å²) in [4.78, 5) is 2.29. The first-order valence-electron chi connectivity index (χ1n) is 6.07. The summed E-state index contributed by atoms with van der Waals surface area (Å²) < 4.78 is 13.1. The number of hydrogen-bond donors (Lipinski definition) is 1. The van der Waals surface area contributed by atoms with Crippen LogP contribution in [0.3, 0.4) is 0 Å². The minimum atomic E-state index is -0.275. The second-order valence-electron chi connectivity index (χ2n) is 4.69. The zero-order chi connectivity index (χ0) is 12.5. The standard InChI is InChI=1S/C14H15FN2S/c15-11-1-4-14(13(16)7-11)17(12-2-3-12)8-10-5-6-18-9-10/h1,4-7,9,12H,2-3,8,16H2. The highest BCUT2D eigenvalue weighted by Crippen LogP contribution is 2.36. The highest BCUT2D eigenvalue weighted by atomic mass is 32.1. The fourth-order valence-electron chi connectivity index (χ4n) is 2.16.